The maximum absolute atomic E-state index is 11.6. The van der Waals surface area contributed by atoms with Crippen LogP contribution in [0.15, 0.2) is 61.2 Å². The summed E-state index contributed by atoms with van der Waals surface area (Å²) in [5, 5.41) is 17.2. The number of carboxylic acid groups (broad SMARTS) is 1. The lowest BCUT2D eigenvalue weighted by Gasteiger charge is -2.12. The van der Waals surface area contributed by atoms with E-state index in [1.165, 1.54) is 0 Å². The molecule has 1 aliphatic carbocycles. The molecule has 0 atom stereocenters. The van der Waals surface area contributed by atoms with Gasteiger partial charge in [-0.1, -0.05) is 44.2 Å². The van der Waals surface area contributed by atoms with Crippen LogP contribution in [-0.2, 0) is 17.3 Å². The maximum atomic E-state index is 11.6. The number of anilines is 2. The highest BCUT2D eigenvalue weighted by atomic mass is 16.4. The third-order valence-corrected chi connectivity index (χ3v) is 6.40. The summed E-state index contributed by atoms with van der Waals surface area (Å²) in [7, 11) is 1.87. The number of aliphatic carboxylic acids is 1. The Morgan fingerprint density at radius 3 is 2.38 bits per heavy atom. The Balaban J connectivity index is 1.38. The topological polar surface area (TPSA) is 106 Å². The molecule has 34 heavy (non-hydrogen) atoms. The lowest BCUT2D eigenvalue weighted by atomic mass is 9.94. The van der Waals surface area contributed by atoms with Gasteiger partial charge >= 0.3 is 5.97 Å². The molecular formula is C26H26N6O2. The van der Waals surface area contributed by atoms with Crippen LogP contribution in [0.25, 0.3) is 22.4 Å². The number of benzene rings is 1. The van der Waals surface area contributed by atoms with Gasteiger partial charge in [-0.25, -0.2) is 4.98 Å². The van der Waals surface area contributed by atoms with Crippen molar-refractivity contribution < 1.29 is 9.90 Å². The average molecular weight is 455 g/mol. The fourth-order valence-corrected chi connectivity index (χ4v) is 4.07. The minimum atomic E-state index is -0.742. The van der Waals surface area contributed by atoms with Crippen molar-refractivity contribution in [3.05, 3.63) is 72.4 Å². The molecule has 5 rings (SSSR count). The van der Waals surface area contributed by atoms with Gasteiger partial charge in [0.15, 0.2) is 0 Å². The number of hydrogen-bond acceptors (Lipinski definition) is 6. The highest BCUT2D eigenvalue weighted by Crippen LogP contribution is 2.48. The van der Waals surface area contributed by atoms with Crippen LogP contribution < -0.4 is 5.32 Å². The number of nitrogens with one attached hydrogen (secondary N) is 1. The Labute approximate surface area is 197 Å². The van der Waals surface area contributed by atoms with Crippen LogP contribution in [0, 0.1) is 0 Å². The molecule has 0 amide bonds. The first-order valence-corrected chi connectivity index (χ1v) is 11.3. The van der Waals surface area contributed by atoms with Crippen LogP contribution >= 0.6 is 0 Å². The van der Waals surface area contributed by atoms with E-state index < -0.39 is 11.4 Å². The quantitative estimate of drug-likeness (QED) is 0.408. The van der Waals surface area contributed by atoms with Gasteiger partial charge in [0.25, 0.3) is 0 Å². The van der Waals surface area contributed by atoms with Crippen LogP contribution in [0.1, 0.15) is 43.9 Å². The smallest absolute Gasteiger partial charge is 0.314 e. The van der Waals surface area contributed by atoms with Crippen LogP contribution in [0.4, 0.5) is 11.6 Å². The summed E-state index contributed by atoms with van der Waals surface area (Å²) < 4.78 is 1.75. The summed E-state index contributed by atoms with van der Waals surface area (Å²) in [4.78, 5) is 25.2. The monoisotopic (exact) mass is 454 g/mol. The minimum absolute atomic E-state index is 0.280. The van der Waals surface area contributed by atoms with Gasteiger partial charge in [-0.05, 0) is 36.0 Å². The van der Waals surface area contributed by atoms with Crippen LogP contribution in [0.5, 0.6) is 0 Å². The van der Waals surface area contributed by atoms with Crippen molar-refractivity contribution in [1.29, 1.82) is 0 Å². The molecule has 1 saturated carbocycles. The summed E-state index contributed by atoms with van der Waals surface area (Å²) in [6.45, 7) is 4.16. The third kappa shape index (κ3) is 3.91. The molecule has 8 nitrogen and oxygen atoms in total. The molecule has 0 unspecified atom stereocenters. The van der Waals surface area contributed by atoms with Crippen molar-refractivity contribution in [1.82, 2.24) is 24.7 Å². The van der Waals surface area contributed by atoms with E-state index in [-0.39, 0.29) is 5.92 Å². The van der Waals surface area contributed by atoms with Gasteiger partial charge in [0, 0.05) is 25.0 Å². The summed E-state index contributed by atoms with van der Waals surface area (Å²) in [5.74, 6) is 0.974. The molecule has 0 spiro atoms. The summed E-state index contributed by atoms with van der Waals surface area (Å²) in [5.41, 5.74) is 4.69. The van der Waals surface area contributed by atoms with Crippen molar-refractivity contribution in [3.8, 4) is 22.4 Å². The van der Waals surface area contributed by atoms with Crippen molar-refractivity contribution >= 4 is 17.6 Å². The molecule has 1 aromatic carbocycles. The fourth-order valence-electron chi connectivity index (χ4n) is 4.07. The highest BCUT2D eigenvalue weighted by Gasteiger charge is 2.51. The second-order valence-corrected chi connectivity index (χ2v) is 9.04. The van der Waals surface area contributed by atoms with Gasteiger partial charge < -0.3 is 10.4 Å². The predicted molar refractivity (Wildman–Crippen MR) is 130 cm³/mol. The maximum Gasteiger partial charge on any atom is 0.314 e. The number of carbonyl (C=O) groups is 1. The van der Waals surface area contributed by atoms with Crippen molar-refractivity contribution in [3.63, 3.8) is 0 Å². The zero-order valence-electron chi connectivity index (χ0n) is 19.4. The zero-order valence-corrected chi connectivity index (χ0v) is 19.4. The molecule has 4 aromatic rings. The Morgan fingerprint density at radius 2 is 1.76 bits per heavy atom. The molecule has 0 saturated heterocycles. The number of rotatable bonds is 7. The fraction of sp³-hybridized carbons (Fsp3) is 0.269. The van der Waals surface area contributed by atoms with E-state index in [9.17, 15) is 9.90 Å². The molecule has 1 fully saturated rings. The van der Waals surface area contributed by atoms with Crippen molar-refractivity contribution in [2.45, 2.75) is 38.0 Å². The Morgan fingerprint density at radius 1 is 1.03 bits per heavy atom. The standard InChI is InChI=1S/C26H26N6O2/c1-16(2)22-14-27-15-23(30-22)31-24-20(13-29-32(24)3)21-9-6-18(12-28-21)17-4-7-19(8-5-17)26(10-11-26)25(33)34/h4-9,12-16H,10-11H2,1-3H3,(H,30,31)(H,33,34). The highest BCUT2D eigenvalue weighted by molar-refractivity contribution is 5.85. The van der Waals surface area contributed by atoms with E-state index in [1.807, 2.05) is 49.6 Å². The molecule has 3 heterocycles. The predicted octanol–water partition coefficient (Wildman–Crippen LogP) is 4.92. The molecule has 2 N–H and O–H groups in total. The van der Waals surface area contributed by atoms with Crippen LogP contribution in [0.2, 0.25) is 0 Å². The number of nitrogens with zero attached hydrogens (tertiary/aromatic N) is 5. The van der Waals surface area contributed by atoms with Crippen molar-refractivity contribution in [2.24, 2.45) is 7.05 Å². The molecular weight excluding hydrogens is 428 g/mol. The second kappa shape index (κ2) is 8.37. The van der Waals surface area contributed by atoms with E-state index in [4.69, 9.17) is 0 Å². The van der Waals surface area contributed by atoms with E-state index in [2.05, 4.69) is 39.2 Å². The van der Waals surface area contributed by atoms with Crippen LogP contribution in [-0.4, -0.2) is 35.8 Å². The molecule has 172 valence electrons. The largest absolute Gasteiger partial charge is 0.481 e. The average Bonchev–Trinajstić information content (AvgIpc) is 3.59. The number of hydrogen-bond donors (Lipinski definition) is 2. The number of aromatic nitrogens is 5. The molecule has 0 aliphatic heterocycles. The lowest BCUT2D eigenvalue weighted by molar-refractivity contribution is -0.140. The summed E-state index contributed by atoms with van der Waals surface area (Å²) in [6, 6.07) is 11.7. The SMILES string of the molecule is CC(C)c1cncc(Nc2c(-c3ccc(-c4ccc(C5(C(=O)O)CC5)cc4)cn3)cnn2C)n1. The Bertz CT molecular complexity index is 1340. The normalized spacial score (nSPS) is 14.2. The molecule has 8 heteroatoms. The first-order chi connectivity index (χ1) is 16.4. The number of carboxylic acids is 1. The first-order valence-electron chi connectivity index (χ1n) is 11.3. The van der Waals surface area contributed by atoms with E-state index in [0.717, 1.165) is 39.5 Å². The van der Waals surface area contributed by atoms with Crippen LogP contribution in [0.3, 0.4) is 0 Å². The second-order valence-electron chi connectivity index (χ2n) is 9.04. The number of aryl methyl sites for hydroxylation is 1. The number of pyridine rings is 1. The Hall–Kier alpha value is -4.07. The Kier molecular flexibility index (Phi) is 5.36. The molecule has 1 aliphatic rings. The lowest BCUT2D eigenvalue weighted by Crippen LogP contribution is -2.19. The van der Waals surface area contributed by atoms with Gasteiger partial charge in [0.2, 0.25) is 0 Å². The third-order valence-electron chi connectivity index (χ3n) is 6.40. The summed E-state index contributed by atoms with van der Waals surface area (Å²) >= 11 is 0. The van der Waals surface area contributed by atoms with Gasteiger partial charge in [0.05, 0.1) is 34.8 Å². The van der Waals surface area contributed by atoms with Gasteiger partial charge in [-0.15, -0.1) is 0 Å². The van der Waals surface area contributed by atoms with E-state index in [1.54, 1.807) is 23.3 Å². The molecule has 0 radical (unpaired) electrons. The summed E-state index contributed by atoms with van der Waals surface area (Å²) in [6.07, 6.45) is 8.47. The van der Waals surface area contributed by atoms with E-state index in [0.29, 0.717) is 18.7 Å². The molecule has 3 aromatic heterocycles. The van der Waals surface area contributed by atoms with Crippen molar-refractivity contribution in [2.75, 3.05) is 5.32 Å². The van der Waals surface area contributed by atoms with Gasteiger partial charge in [-0.2, -0.15) is 5.10 Å². The minimum Gasteiger partial charge on any atom is -0.481 e. The van der Waals surface area contributed by atoms with Gasteiger partial charge in [0.1, 0.15) is 11.6 Å². The molecule has 0 bridgehead atoms. The van der Waals surface area contributed by atoms with E-state index >= 15 is 0 Å². The van der Waals surface area contributed by atoms with Gasteiger partial charge in [-0.3, -0.25) is 19.4 Å². The zero-order chi connectivity index (χ0) is 23.9. The first kappa shape index (κ1) is 21.8.